The Bertz CT molecular complexity index is 396. The van der Waals surface area contributed by atoms with Gasteiger partial charge in [-0.2, -0.15) is 0 Å². The van der Waals surface area contributed by atoms with Crippen LogP contribution in [0.4, 0.5) is 4.39 Å². The maximum atomic E-state index is 13.4. The van der Waals surface area contributed by atoms with Crippen LogP contribution in [0.3, 0.4) is 0 Å². The molecule has 2 rings (SSSR count). The first-order chi connectivity index (χ1) is 8.09. The topological polar surface area (TPSA) is 35.0 Å². The molecular weight excluding hydrogens is 243 g/mol. The van der Waals surface area contributed by atoms with E-state index >= 15 is 0 Å². The molecule has 1 aromatic heterocycles. The van der Waals surface area contributed by atoms with E-state index in [1.54, 1.807) is 6.92 Å². The lowest BCUT2D eigenvalue weighted by Gasteiger charge is -2.27. The van der Waals surface area contributed by atoms with Gasteiger partial charge >= 0.3 is 0 Å². The second-order valence-corrected chi connectivity index (χ2v) is 4.73. The first-order valence-electron chi connectivity index (χ1n) is 5.93. The van der Waals surface area contributed by atoms with E-state index in [1.165, 1.54) is 0 Å². The fourth-order valence-corrected chi connectivity index (χ4v) is 2.60. The van der Waals surface area contributed by atoms with E-state index in [0.717, 1.165) is 25.7 Å². The average Bonchev–Trinajstić information content (AvgIpc) is 2.75. The third-order valence-electron chi connectivity index (χ3n) is 3.22. The highest BCUT2D eigenvalue weighted by atomic mass is 35.5. The molecule has 1 aliphatic carbocycles. The van der Waals surface area contributed by atoms with Crippen molar-refractivity contribution in [1.29, 1.82) is 0 Å². The van der Waals surface area contributed by atoms with Crippen LogP contribution in [-0.2, 0) is 10.3 Å². The maximum absolute atomic E-state index is 13.4. The SMILES string of the molecule is CCOC1(c2nc(C)c(F)c(Cl)n2)CCCC1. The number of nitrogens with zero attached hydrogens (tertiary/aromatic N) is 2. The van der Waals surface area contributed by atoms with Gasteiger partial charge < -0.3 is 4.74 Å². The summed E-state index contributed by atoms with van der Waals surface area (Å²) in [5, 5.41) is -0.113. The zero-order valence-electron chi connectivity index (χ0n) is 10.1. The van der Waals surface area contributed by atoms with Crippen LogP contribution in [0, 0.1) is 12.7 Å². The van der Waals surface area contributed by atoms with Crippen molar-refractivity contribution in [3.63, 3.8) is 0 Å². The van der Waals surface area contributed by atoms with Crippen LogP contribution < -0.4 is 0 Å². The van der Waals surface area contributed by atoms with Crippen molar-refractivity contribution >= 4 is 11.6 Å². The summed E-state index contributed by atoms with van der Waals surface area (Å²) >= 11 is 5.78. The number of rotatable bonds is 3. The van der Waals surface area contributed by atoms with Crippen LogP contribution in [-0.4, -0.2) is 16.6 Å². The maximum Gasteiger partial charge on any atom is 0.181 e. The van der Waals surface area contributed by atoms with Crippen molar-refractivity contribution in [2.24, 2.45) is 0 Å². The third kappa shape index (κ3) is 2.29. The summed E-state index contributed by atoms with van der Waals surface area (Å²) in [6.45, 7) is 4.14. The summed E-state index contributed by atoms with van der Waals surface area (Å²) in [7, 11) is 0. The Morgan fingerprint density at radius 1 is 1.35 bits per heavy atom. The highest BCUT2D eigenvalue weighted by molar-refractivity contribution is 6.29. The standard InChI is InChI=1S/C12H16ClFN2O/c1-3-17-12(6-4-5-7-12)11-15-8(2)9(14)10(13)16-11/h3-7H2,1-2H3. The van der Waals surface area contributed by atoms with Crippen LogP contribution in [0.15, 0.2) is 0 Å². The predicted octanol–water partition coefficient (Wildman–Crippen LogP) is 3.38. The summed E-state index contributed by atoms with van der Waals surface area (Å²) in [6, 6.07) is 0. The minimum absolute atomic E-state index is 0.113. The van der Waals surface area contributed by atoms with Gasteiger partial charge in [-0.05, 0) is 39.5 Å². The number of aryl methyl sites for hydroxylation is 1. The first kappa shape index (κ1) is 12.7. The molecule has 0 radical (unpaired) electrons. The molecule has 0 amide bonds. The quantitative estimate of drug-likeness (QED) is 0.780. The van der Waals surface area contributed by atoms with E-state index in [9.17, 15) is 4.39 Å². The fourth-order valence-electron chi connectivity index (χ4n) is 2.38. The number of hydrogen-bond acceptors (Lipinski definition) is 3. The van der Waals surface area contributed by atoms with E-state index in [4.69, 9.17) is 16.3 Å². The molecule has 5 heteroatoms. The molecule has 0 saturated heterocycles. The van der Waals surface area contributed by atoms with Gasteiger partial charge in [0, 0.05) is 6.61 Å². The highest BCUT2D eigenvalue weighted by Gasteiger charge is 2.39. The van der Waals surface area contributed by atoms with Crippen LogP contribution in [0.2, 0.25) is 5.15 Å². The Hall–Kier alpha value is -0.740. The van der Waals surface area contributed by atoms with E-state index < -0.39 is 11.4 Å². The molecule has 1 aromatic rings. The molecule has 94 valence electrons. The third-order valence-corrected chi connectivity index (χ3v) is 3.47. The van der Waals surface area contributed by atoms with Gasteiger partial charge in [0.15, 0.2) is 16.8 Å². The molecule has 3 nitrogen and oxygen atoms in total. The molecule has 0 bridgehead atoms. The van der Waals surface area contributed by atoms with Crippen LogP contribution in [0.5, 0.6) is 0 Å². The molecule has 1 saturated carbocycles. The lowest BCUT2D eigenvalue weighted by Crippen LogP contribution is -2.29. The van der Waals surface area contributed by atoms with Crippen LogP contribution >= 0.6 is 11.6 Å². The molecule has 1 heterocycles. The van der Waals surface area contributed by atoms with Gasteiger partial charge in [0.1, 0.15) is 5.60 Å². The molecule has 0 atom stereocenters. The molecule has 0 unspecified atom stereocenters. The summed E-state index contributed by atoms with van der Waals surface area (Å²) in [5.41, 5.74) is -0.178. The van der Waals surface area contributed by atoms with Gasteiger partial charge in [-0.3, -0.25) is 0 Å². The monoisotopic (exact) mass is 258 g/mol. The highest BCUT2D eigenvalue weighted by Crippen LogP contribution is 2.41. The summed E-state index contributed by atoms with van der Waals surface area (Å²) < 4.78 is 19.2. The normalized spacial score (nSPS) is 18.6. The van der Waals surface area contributed by atoms with E-state index in [-0.39, 0.29) is 10.8 Å². The predicted molar refractivity (Wildman–Crippen MR) is 63.5 cm³/mol. The second-order valence-electron chi connectivity index (χ2n) is 4.37. The fraction of sp³-hybridized carbons (Fsp3) is 0.667. The molecule has 0 spiro atoms. The van der Waals surface area contributed by atoms with Gasteiger partial charge in [0.2, 0.25) is 0 Å². The van der Waals surface area contributed by atoms with Crippen molar-refractivity contribution in [1.82, 2.24) is 9.97 Å². The van der Waals surface area contributed by atoms with Gasteiger partial charge in [-0.1, -0.05) is 11.6 Å². The van der Waals surface area contributed by atoms with Crippen molar-refractivity contribution in [3.05, 3.63) is 22.5 Å². The van der Waals surface area contributed by atoms with Gasteiger partial charge in [-0.15, -0.1) is 0 Å². The largest absolute Gasteiger partial charge is 0.367 e. The molecule has 0 aliphatic heterocycles. The average molecular weight is 259 g/mol. The van der Waals surface area contributed by atoms with Crippen molar-refractivity contribution in [3.8, 4) is 0 Å². The number of halogens is 2. The number of hydrogen-bond donors (Lipinski definition) is 0. The van der Waals surface area contributed by atoms with E-state index in [2.05, 4.69) is 9.97 Å². The first-order valence-corrected chi connectivity index (χ1v) is 6.31. The van der Waals surface area contributed by atoms with E-state index in [1.807, 2.05) is 6.92 Å². The summed E-state index contributed by atoms with van der Waals surface area (Å²) in [6.07, 6.45) is 3.92. The lowest BCUT2D eigenvalue weighted by atomic mass is 10.0. The molecular formula is C12H16ClFN2O. The Labute approximate surface area is 105 Å². The Kier molecular flexibility index (Phi) is 3.64. The lowest BCUT2D eigenvalue weighted by molar-refractivity contribution is -0.0459. The van der Waals surface area contributed by atoms with Gasteiger partial charge in [-0.25, -0.2) is 14.4 Å². The molecule has 1 aliphatic rings. The van der Waals surface area contributed by atoms with Gasteiger partial charge in [0.05, 0.1) is 5.69 Å². The Morgan fingerprint density at radius 3 is 2.53 bits per heavy atom. The van der Waals surface area contributed by atoms with Crippen molar-refractivity contribution in [2.45, 2.75) is 45.1 Å². The minimum atomic E-state index is -0.542. The number of aromatic nitrogens is 2. The molecule has 1 fully saturated rings. The molecule has 17 heavy (non-hydrogen) atoms. The Morgan fingerprint density at radius 2 is 2.00 bits per heavy atom. The van der Waals surface area contributed by atoms with Crippen LogP contribution in [0.25, 0.3) is 0 Å². The second kappa shape index (κ2) is 4.86. The zero-order chi connectivity index (χ0) is 12.5. The zero-order valence-corrected chi connectivity index (χ0v) is 10.9. The van der Waals surface area contributed by atoms with Crippen molar-refractivity contribution < 1.29 is 9.13 Å². The summed E-state index contributed by atoms with van der Waals surface area (Å²) in [5.74, 6) is -0.0131. The van der Waals surface area contributed by atoms with Gasteiger partial charge in [0.25, 0.3) is 0 Å². The molecule has 0 aromatic carbocycles. The molecule has 0 N–H and O–H groups in total. The van der Waals surface area contributed by atoms with Crippen molar-refractivity contribution in [2.75, 3.05) is 6.61 Å². The smallest absolute Gasteiger partial charge is 0.181 e. The Balaban J connectivity index is 2.43. The minimum Gasteiger partial charge on any atom is -0.367 e. The van der Waals surface area contributed by atoms with Crippen LogP contribution in [0.1, 0.15) is 44.1 Å². The summed E-state index contributed by atoms with van der Waals surface area (Å²) in [4.78, 5) is 8.27. The number of ether oxygens (including phenoxy) is 1. The van der Waals surface area contributed by atoms with E-state index in [0.29, 0.717) is 12.4 Å².